The van der Waals surface area contributed by atoms with Gasteiger partial charge < -0.3 is 10.1 Å². The molecule has 0 aromatic carbocycles. The topological polar surface area (TPSA) is 47.0 Å². The number of hydrogen-bond acceptors (Lipinski definition) is 5. The highest BCUT2D eigenvalue weighted by atomic mass is 35.5. The summed E-state index contributed by atoms with van der Waals surface area (Å²) >= 11 is 7.89. The fourth-order valence-corrected chi connectivity index (χ4v) is 3.20. The Morgan fingerprint density at radius 2 is 2.11 bits per heavy atom. The van der Waals surface area contributed by atoms with Crippen LogP contribution in [-0.2, 0) is 4.74 Å². The number of halogens is 1. The third-order valence-electron chi connectivity index (χ3n) is 2.94. The SMILES string of the molecule is CCOCCCNc1nc(Cl)c2c(C)c(C)sc2n1. The lowest BCUT2D eigenvalue weighted by Gasteiger charge is -2.05. The molecule has 0 saturated carbocycles. The van der Waals surface area contributed by atoms with Gasteiger partial charge in [0.05, 0.1) is 5.39 Å². The van der Waals surface area contributed by atoms with E-state index in [1.807, 2.05) is 6.92 Å². The Morgan fingerprint density at radius 1 is 1.32 bits per heavy atom. The van der Waals surface area contributed by atoms with E-state index in [2.05, 4.69) is 29.1 Å². The summed E-state index contributed by atoms with van der Waals surface area (Å²) < 4.78 is 5.28. The molecule has 2 aromatic heterocycles. The van der Waals surface area contributed by atoms with E-state index in [9.17, 15) is 0 Å². The average molecular weight is 300 g/mol. The zero-order valence-electron chi connectivity index (χ0n) is 11.4. The lowest BCUT2D eigenvalue weighted by atomic mass is 10.2. The van der Waals surface area contributed by atoms with Crippen LogP contribution >= 0.6 is 22.9 Å². The summed E-state index contributed by atoms with van der Waals surface area (Å²) in [6.45, 7) is 8.40. The van der Waals surface area contributed by atoms with E-state index in [1.165, 1.54) is 10.4 Å². The molecule has 0 spiro atoms. The summed E-state index contributed by atoms with van der Waals surface area (Å²) in [6.07, 6.45) is 0.926. The van der Waals surface area contributed by atoms with E-state index in [4.69, 9.17) is 16.3 Å². The molecule has 19 heavy (non-hydrogen) atoms. The largest absolute Gasteiger partial charge is 0.382 e. The molecule has 0 aliphatic heterocycles. The van der Waals surface area contributed by atoms with E-state index in [0.29, 0.717) is 11.1 Å². The number of nitrogens with zero attached hydrogens (tertiary/aromatic N) is 2. The molecule has 0 saturated heterocycles. The molecule has 0 amide bonds. The molecule has 1 N–H and O–H groups in total. The molecule has 0 fully saturated rings. The molecule has 6 heteroatoms. The van der Waals surface area contributed by atoms with Gasteiger partial charge in [-0.3, -0.25) is 0 Å². The van der Waals surface area contributed by atoms with Gasteiger partial charge in [0.1, 0.15) is 9.98 Å². The molecule has 0 atom stereocenters. The van der Waals surface area contributed by atoms with Gasteiger partial charge in [0.15, 0.2) is 0 Å². The van der Waals surface area contributed by atoms with Crippen LogP contribution in [0, 0.1) is 13.8 Å². The average Bonchev–Trinajstić information content (AvgIpc) is 2.65. The van der Waals surface area contributed by atoms with Gasteiger partial charge in [0.2, 0.25) is 5.95 Å². The fraction of sp³-hybridized carbons (Fsp3) is 0.538. The molecule has 0 aliphatic rings. The number of aromatic nitrogens is 2. The van der Waals surface area contributed by atoms with Crippen molar-refractivity contribution in [3.8, 4) is 0 Å². The maximum Gasteiger partial charge on any atom is 0.225 e. The van der Waals surface area contributed by atoms with Gasteiger partial charge in [-0.2, -0.15) is 0 Å². The van der Waals surface area contributed by atoms with Crippen molar-refractivity contribution < 1.29 is 4.74 Å². The third kappa shape index (κ3) is 3.35. The Labute approximate surface area is 122 Å². The van der Waals surface area contributed by atoms with Crippen LogP contribution in [0.15, 0.2) is 0 Å². The summed E-state index contributed by atoms with van der Waals surface area (Å²) in [7, 11) is 0. The number of aryl methyl sites for hydroxylation is 2. The molecule has 0 radical (unpaired) electrons. The Morgan fingerprint density at radius 3 is 2.84 bits per heavy atom. The second-order valence-electron chi connectivity index (χ2n) is 4.28. The molecular weight excluding hydrogens is 282 g/mol. The smallest absolute Gasteiger partial charge is 0.225 e. The number of ether oxygens (including phenoxy) is 1. The highest BCUT2D eigenvalue weighted by Crippen LogP contribution is 2.33. The first-order chi connectivity index (χ1) is 9.13. The number of rotatable bonds is 6. The van der Waals surface area contributed by atoms with E-state index in [1.54, 1.807) is 11.3 Å². The highest BCUT2D eigenvalue weighted by molar-refractivity contribution is 7.18. The van der Waals surface area contributed by atoms with Crippen molar-refractivity contribution in [3.05, 3.63) is 15.6 Å². The summed E-state index contributed by atoms with van der Waals surface area (Å²) in [5.41, 5.74) is 1.17. The first-order valence-electron chi connectivity index (χ1n) is 6.38. The van der Waals surface area contributed by atoms with Gasteiger partial charge >= 0.3 is 0 Å². The molecule has 104 valence electrons. The lowest BCUT2D eigenvalue weighted by Crippen LogP contribution is -2.08. The Hall–Kier alpha value is -0.910. The predicted molar refractivity (Wildman–Crippen MR) is 81.5 cm³/mol. The molecule has 4 nitrogen and oxygen atoms in total. The molecular formula is C13H18ClN3OS. The van der Waals surface area contributed by atoms with Crippen molar-refractivity contribution in [1.82, 2.24) is 9.97 Å². The van der Waals surface area contributed by atoms with Crippen LogP contribution < -0.4 is 5.32 Å². The summed E-state index contributed by atoms with van der Waals surface area (Å²) in [6, 6.07) is 0. The Bertz CT molecular complexity index is 571. The molecule has 2 rings (SSSR count). The fourth-order valence-electron chi connectivity index (χ4n) is 1.80. The van der Waals surface area contributed by atoms with E-state index in [-0.39, 0.29) is 0 Å². The minimum Gasteiger partial charge on any atom is -0.382 e. The van der Waals surface area contributed by atoms with Gasteiger partial charge in [-0.15, -0.1) is 11.3 Å². The Balaban J connectivity index is 2.08. The monoisotopic (exact) mass is 299 g/mol. The highest BCUT2D eigenvalue weighted by Gasteiger charge is 2.12. The van der Waals surface area contributed by atoms with Gasteiger partial charge in [-0.1, -0.05) is 11.6 Å². The Kier molecular flexibility index (Phi) is 4.96. The molecule has 0 bridgehead atoms. The normalized spacial score (nSPS) is 11.2. The zero-order valence-corrected chi connectivity index (χ0v) is 13.0. The number of fused-ring (bicyclic) bond motifs is 1. The van der Waals surface area contributed by atoms with Crippen LogP contribution in [0.2, 0.25) is 5.15 Å². The summed E-state index contributed by atoms with van der Waals surface area (Å²) in [5.74, 6) is 0.593. The van der Waals surface area contributed by atoms with Crippen molar-refractivity contribution in [3.63, 3.8) is 0 Å². The van der Waals surface area contributed by atoms with E-state index < -0.39 is 0 Å². The second-order valence-corrected chi connectivity index (χ2v) is 5.84. The number of nitrogens with one attached hydrogen (secondary N) is 1. The van der Waals surface area contributed by atoms with Crippen LogP contribution in [0.5, 0.6) is 0 Å². The molecule has 2 heterocycles. The van der Waals surface area contributed by atoms with Gasteiger partial charge in [-0.25, -0.2) is 9.97 Å². The minimum atomic E-state index is 0.527. The second kappa shape index (κ2) is 6.50. The van der Waals surface area contributed by atoms with E-state index in [0.717, 1.165) is 36.4 Å². The number of hydrogen-bond donors (Lipinski definition) is 1. The maximum absolute atomic E-state index is 6.23. The van der Waals surface area contributed by atoms with Crippen LogP contribution in [0.4, 0.5) is 5.95 Å². The lowest BCUT2D eigenvalue weighted by molar-refractivity contribution is 0.147. The quantitative estimate of drug-likeness (QED) is 0.651. The number of thiophene rings is 1. The first kappa shape index (κ1) is 14.5. The summed E-state index contributed by atoms with van der Waals surface area (Å²) in [4.78, 5) is 11.0. The van der Waals surface area contributed by atoms with Crippen LogP contribution in [-0.4, -0.2) is 29.7 Å². The zero-order chi connectivity index (χ0) is 13.8. The minimum absolute atomic E-state index is 0.527. The third-order valence-corrected chi connectivity index (χ3v) is 4.31. The number of anilines is 1. The predicted octanol–water partition coefficient (Wildman–Crippen LogP) is 3.80. The van der Waals surface area contributed by atoms with Crippen molar-refractivity contribution in [1.29, 1.82) is 0 Å². The molecule has 2 aromatic rings. The van der Waals surface area contributed by atoms with Crippen molar-refractivity contribution in [2.24, 2.45) is 0 Å². The van der Waals surface area contributed by atoms with Gasteiger partial charge in [0, 0.05) is 24.6 Å². The maximum atomic E-state index is 6.23. The van der Waals surface area contributed by atoms with Crippen molar-refractivity contribution >= 4 is 39.1 Å². The standard InChI is InChI=1S/C13H18ClN3OS/c1-4-18-7-5-6-15-13-16-11(14)10-8(2)9(3)19-12(10)17-13/h4-7H2,1-3H3,(H,15,16,17). The molecule has 0 aliphatic carbocycles. The van der Waals surface area contributed by atoms with Crippen LogP contribution in [0.3, 0.4) is 0 Å². The first-order valence-corrected chi connectivity index (χ1v) is 7.57. The van der Waals surface area contributed by atoms with E-state index >= 15 is 0 Å². The van der Waals surface area contributed by atoms with Crippen molar-refractivity contribution in [2.75, 3.05) is 25.1 Å². The van der Waals surface area contributed by atoms with Crippen molar-refractivity contribution in [2.45, 2.75) is 27.2 Å². The van der Waals surface area contributed by atoms with Gasteiger partial charge in [0.25, 0.3) is 0 Å². The van der Waals surface area contributed by atoms with Crippen LogP contribution in [0.25, 0.3) is 10.2 Å². The molecule has 0 unspecified atom stereocenters. The summed E-state index contributed by atoms with van der Waals surface area (Å²) in [5, 5.41) is 4.69. The van der Waals surface area contributed by atoms with Gasteiger partial charge in [-0.05, 0) is 32.8 Å². The van der Waals surface area contributed by atoms with Crippen LogP contribution in [0.1, 0.15) is 23.8 Å².